The third-order valence-corrected chi connectivity index (χ3v) is 5.25. The number of benzene rings is 2. The number of nitrogens with zero attached hydrogens (tertiary/aromatic N) is 3. The predicted octanol–water partition coefficient (Wildman–Crippen LogP) is 3.95. The zero-order chi connectivity index (χ0) is 23.5. The number of ether oxygens (including phenoxy) is 2. The Balaban J connectivity index is 1.39. The van der Waals surface area contributed by atoms with Crippen LogP contribution in [0.4, 0.5) is 14.5 Å². The molecule has 8 nitrogen and oxygen atoms in total. The van der Waals surface area contributed by atoms with Crippen molar-refractivity contribution in [2.75, 3.05) is 12.4 Å². The summed E-state index contributed by atoms with van der Waals surface area (Å²) < 4.78 is 38.9. The molecular weight excluding hydrogens is 434 g/mol. The molecule has 2 heterocycles. The number of aromatic nitrogens is 2. The van der Waals surface area contributed by atoms with Crippen molar-refractivity contribution >= 4 is 17.3 Å². The van der Waals surface area contributed by atoms with E-state index in [1.165, 1.54) is 10.7 Å². The molecule has 0 bridgehead atoms. The minimum atomic E-state index is -0.809. The van der Waals surface area contributed by atoms with Crippen LogP contribution in [0.1, 0.15) is 23.4 Å². The molecule has 0 saturated heterocycles. The van der Waals surface area contributed by atoms with Crippen LogP contribution in [0, 0.1) is 25.5 Å². The van der Waals surface area contributed by atoms with Gasteiger partial charge in [-0.3, -0.25) is 4.79 Å². The highest BCUT2D eigenvalue weighted by Gasteiger charge is 2.30. The molecule has 0 radical (unpaired) electrons. The number of aryl methyl sites for hydroxylation is 1. The van der Waals surface area contributed by atoms with Gasteiger partial charge in [0, 0.05) is 12.5 Å². The summed E-state index contributed by atoms with van der Waals surface area (Å²) in [5.41, 5.74) is 3.17. The van der Waals surface area contributed by atoms with Crippen molar-refractivity contribution in [3.05, 3.63) is 71.1 Å². The summed E-state index contributed by atoms with van der Waals surface area (Å²) in [7, 11) is 1.59. The van der Waals surface area contributed by atoms with Gasteiger partial charge in [0.1, 0.15) is 11.6 Å². The van der Waals surface area contributed by atoms with Crippen LogP contribution in [0.15, 0.2) is 47.6 Å². The molecule has 1 amide bonds. The molecule has 1 N–H and O–H groups in total. The number of nitrogens with one attached hydrogen (secondary N) is 1. The normalized spacial score (nSPS) is 15.1. The summed E-state index contributed by atoms with van der Waals surface area (Å²) in [4.78, 5) is 18.1. The predicted molar refractivity (Wildman–Crippen MR) is 116 cm³/mol. The summed E-state index contributed by atoms with van der Waals surface area (Å²) in [6.45, 7) is 3.36. The molecule has 172 valence electrons. The van der Waals surface area contributed by atoms with E-state index in [0.29, 0.717) is 29.2 Å². The van der Waals surface area contributed by atoms with Crippen molar-refractivity contribution in [3.63, 3.8) is 0 Å². The fourth-order valence-corrected chi connectivity index (χ4v) is 3.40. The van der Waals surface area contributed by atoms with Gasteiger partial charge in [-0.2, -0.15) is 5.10 Å². The molecule has 2 aromatic carbocycles. The fraction of sp³-hybridized carbons (Fsp3) is 0.261. The number of methoxy groups -OCH3 is 1. The molecule has 10 heteroatoms. The SMILES string of the molecule is COc1ccc(C2=NOC(C(=O)Nc3c(C)nn(COc4ccc(F)cc4F)c3C)C2)cc1. The smallest absolute Gasteiger partial charge is 0.268 e. The first-order chi connectivity index (χ1) is 15.9. The van der Waals surface area contributed by atoms with E-state index in [0.717, 1.165) is 23.4 Å². The number of amides is 1. The second-order valence-corrected chi connectivity index (χ2v) is 7.45. The van der Waals surface area contributed by atoms with Crippen LogP contribution in [0.2, 0.25) is 0 Å². The molecule has 1 aromatic heterocycles. The van der Waals surface area contributed by atoms with Crippen LogP contribution in [-0.2, 0) is 16.4 Å². The molecule has 1 atom stereocenters. The highest BCUT2D eigenvalue weighted by atomic mass is 19.1. The minimum Gasteiger partial charge on any atom is -0.497 e. The summed E-state index contributed by atoms with van der Waals surface area (Å²) in [6.07, 6.45) is -0.467. The van der Waals surface area contributed by atoms with E-state index in [2.05, 4.69) is 15.6 Å². The number of halogens is 2. The van der Waals surface area contributed by atoms with Gasteiger partial charge in [-0.25, -0.2) is 13.5 Å². The Morgan fingerprint density at radius 2 is 1.97 bits per heavy atom. The van der Waals surface area contributed by atoms with Crippen molar-refractivity contribution < 1.29 is 27.9 Å². The Kier molecular flexibility index (Phi) is 6.25. The first-order valence-corrected chi connectivity index (χ1v) is 10.2. The van der Waals surface area contributed by atoms with E-state index < -0.39 is 17.7 Å². The van der Waals surface area contributed by atoms with Crippen molar-refractivity contribution in [3.8, 4) is 11.5 Å². The highest BCUT2D eigenvalue weighted by molar-refractivity contribution is 6.06. The number of rotatable bonds is 7. The van der Waals surface area contributed by atoms with Gasteiger partial charge in [-0.1, -0.05) is 5.16 Å². The molecule has 1 unspecified atom stereocenters. The molecule has 0 aliphatic carbocycles. The van der Waals surface area contributed by atoms with E-state index in [9.17, 15) is 13.6 Å². The number of carbonyl (C=O) groups is 1. The zero-order valence-corrected chi connectivity index (χ0v) is 18.3. The van der Waals surface area contributed by atoms with E-state index >= 15 is 0 Å². The second-order valence-electron chi connectivity index (χ2n) is 7.45. The maximum atomic E-state index is 13.8. The molecule has 0 spiro atoms. The minimum absolute atomic E-state index is 0.0999. The van der Waals surface area contributed by atoms with Crippen LogP contribution >= 0.6 is 0 Å². The van der Waals surface area contributed by atoms with Crippen LogP contribution in [0.25, 0.3) is 0 Å². The summed E-state index contributed by atoms with van der Waals surface area (Å²) in [5, 5.41) is 11.2. The third kappa shape index (κ3) is 4.79. The Labute approximate surface area is 188 Å². The van der Waals surface area contributed by atoms with Gasteiger partial charge < -0.3 is 19.6 Å². The van der Waals surface area contributed by atoms with Crippen molar-refractivity contribution in [2.24, 2.45) is 5.16 Å². The summed E-state index contributed by atoms with van der Waals surface area (Å²) in [6, 6.07) is 10.4. The van der Waals surface area contributed by atoms with E-state index in [-0.39, 0.29) is 18.4 Å². The van der Waals surface area contributed by atoms with Gasteiger partial charge in [0.15, 0.2) is 18.3 Å². The summed E-state index contributed by atoms with van der Waals surface area (Å²) in [5.74, 6) is -1.24. The molecular formula is C23H22F2N4O4. The number of anilines is 1. The van der Waals surface area contributed by atoms with Gasteiger partial charge in [-0.15, -0.1) is 0 Å². The monoisotopic (exact) mass is 456 g/mol. The Bertz CT molecular complexity index is 1210. The quantitative estimate of drug-likeness (QED) is 0.582. The van der Waals surface area contributed by atoms with Gasteiger partial charge in [-0.05, 0) is 55.8 Å². The van der Waals surface area contributed by atoms with Gasteiger partial charge in [0.05, 0.1) is 29.9 Å². The Morgan fingerprint density at radius 3 is 2.67 bits per heavy atom. The van der Waals surface area contributed by atoms with E-state index in [4.69, 9.17) is 14.3 Å². The van der Waals surface area contributed by atoms with Crippen LogP contribution in [0.3, 0.4) is 0 Å². The van der Waals surface area contributed by atoms with E-state index in [1.807, 2.05) is 24.3 Å². The second kappa shape index (κ2) is 9.27. The lowest BCUT2D eigenvalue weighted by Crippen LogP contribution is -2.28. The van der Waals surface area contributed by atoms with Gasteiger partial charge in [0.2, 0.25) is 6.10 Å². The number of hydrogen-bond donors (Lipinski definition) is 1. The average molecular weight is 456 g/mol. The lowest BCUT2D eigenvalue weighted by molar-refractivity contribution is -0.125. The zero-order valence-electron chi connectivity index (χ0n) is 18.3. The number of hydrogen-bond acceptors (Lipinski definition) is 6. The first-order valence-electron chi connectivity index (χ1n) is 10.2. The summed E-state index contributed by atoms with van der Waals surface area (Å²) >= 11 is 0. The van der Waals surface area contributed by atoms with Crippen LogP contribution in [0.5, 0.6) is 11.5 Å². The maximum absolute atomic E-state index is 13.8. The Morgan fingerprint density at radius 1 is 1.21 bits per heavy atom. The number of oxime groups is 1. The average Bonchev–Trinajstić information content (AvgIpc) is 3.40. The van der Waals surface area contributed by atoms with Crippen molar-refractivity contribution in [2.45, 2.75) is 33.1 Å². The van der Waals surface area contributed by atoms with Crippen LogP contribution < -0.4 is 14.8 Å². The lowest BCUT2D eigenvalue weighted by atomic mass is 10.0. The van der Waals surface area contributed by atoms with Gasteiger partial charge in [0.25, 0.3) is 5.91 Å². The lowest BCUT2D eigenvalue weighted by Gasteiger charge is -2.11. The number of carbonyl (C=O) groups excluding carboxylic acids is 1. The molecule has 3 aromatic rings. The molecule has 0 saturated carbocycles. The molecule has 33 heavy (non-hydrogen) atoms. The molecule has 0 fully saturated rings. The Hall–Kier alpha value is -3.95. The first kappa shape index (κ1) is 22.3. The van der Waals surface area contributed by atoms with Gasteiger partial charge >= 0.3 is 0 Å². The maximum Gasteiger partial charge on any atom is 0.268 e. The standard InChI is InChI=1S/C23H22F2N4O4/c1-13-22(14(2)29(27-13)12-32-20-9-6-16(24)10-18(20)25)26-23(30)21-11-19(28-33-21)15-4-7-17(31-3)8-5-15/h4-10,21H,11-12H2,1-3H3,(H,26,30). The van der Waals surface area contributed by atoms with E-state index in [1.54, 1.807) is 21.0 Å². The fourth-order valence-electron chi connectivity index (χ4n) is 3.40. The molecule has 4 rings (SSSR count). The molecule has 1 aliphatic heterocycles. The topological polar surface area (TPSA) is 87.0 Å². The van der Waals surface area contributed by atoms with Crippen molar-refractivity contribution in [1.82, 2.24) is 9.78 Å². The van der Waals surface area contributed by atoms with Crippen molar-refractivity contribution in [1.29, 1.82) is 0 Å². The van der Waals surface area contributed by atoms with Crippen LogP contribution in [-0.4, -0.2) is 34.6 Å². The highest BCUT2D eigenvalue weighted by Crippen LogP contribution is 2.24. The largest absolute Gasteiger partial charge is 0.497 e. The molecule has 1 aliphatic rings. The third-order valence-electron chi connectivity index (χ3n) is 5.25.